The van der Waals surface area contributed by atoms with Crippen molar-refractivity contribution in [1.29, 1.82) is 0 Å². The second-order valence-corrected chi connectivity index (χ2v) is 9.77. The molecule has 1 amide bonds. The predicted octanol–water partition coefficient (Wildman–Crippen LogP) is 4.00. The van der Waals surface area contributed by atoms with Crippen molar-refractivity contribution in [3.8, 4) is 0 Å². The molecule has 0 radical (unpaired) electrons. The molecule has 3 aromatic carbocycles. The number of nitrogens with one attached hydrogen (secondary N) is 1. The molecule has 0 aliphatic rings. The minimum Gasteiger partial charge on any atom is -0.478 e. The Kier molecular flexibility index (Phi) is 7.70. The van der Waals surface area contributed by atoms with Gasteiger partial charge in [-0.2, -0.15) is 5.10 Å². The second kappa shape index (κ2) is 10.5. The molecule has 34 heavy (non-hydrogen) atoms. The highest BCUT2D eigenvalue weighted by Crippen LogP contribution is 2.29. The molecule has 0 bridgehead atoms. The van der Waals surface area contributed by atoms with Crippen LogP contribution in [-0.4, -0.2) is 38.2 Å². The lowest BCUT2D eigenvalue weighted by atomic mass is 10.1. The summed E-state index contributed by atoms with van der Waals surface area (Å²) >= 11 is 6.03. The monoisotopic (exact) mass is 499 g/mol. The average Bonchev–Trinajstić information content (AvgIpc) is 2.78. The summed E-state index contributed by atoms with van der Waals surface area (Å²) in [5.41, 5.74) is 4.79. The first-order valence-electron chi connectivity index (χ1n) is 10.1. The third-order valence-electron chi connectivity index (χ3n) is 4.88. The third kappa shape index (κ3) is 6.00. The standard InChI is InChI=1S/C24H22ClN3O5S/c1-16-3-10-21(11-4-16)34(32,33)28(22-12-9-20(25)13-17(22)2)15-23(29)27-26-14-18-5-7-19(8-6-18)24(30)31/h3-14H,15H2,1-2H3,(H,27,29)(H,30,31)/b26-14+. The molecule has 0 saturated carbocycles. The molecule has 0 fully saturated rings. The Hall–Kier alpha value is -3.69. The summed E-state index contributed by atoms with van der Waals surface area (Å²) in [4.78, 5) is 23.6. The van der Waals surface area contributed by atoms with Crippen molar-refractivity contribution in [3.63, 3.8) is 0 Å². The van der Waals surface area contributed by atoms with Crippen LogP contribution in [0.15, 0.2) is 76.7 Å². The van der Waals surface area contributed by atoms with Crippen LogP contribution in [0.5, 0.6) is 0 Å². The Morgan fingerprint density at radius 3 is 2.26 bits per heavy atom. The lowest BCUT2D eigenvalue weighted by Gasteiger charge is -2.25. The normalized spacial score (nSPS) is 11.4. The van der Waals surface area contributed by atoms with Crippen molar-refractivity contribution < 1.29 is 23.1 Å². The quantitative estimate of drug-likeness (QED) is 0.359. The van der Waals surface area contributed by atoms with Crippen LogP contribution in [0.4, 0.5) is 5.69 Å². The number of carbonyl (C=O) groups excluding carboxylic acids is 1. The summed E-state index contributed by atoms with van der Waals surface area (Å²) in [6, 6.07) is 16.9. The van der Waals surface area contributed by atoms with E-state index in [9.17, 15) is 18.0 Å². The highest BCUT2D eigenvalue weighted by molar-refractivity contribution is 7.92. The van der Waals surface area contributed by atoms with E-state index >= 15 is 0 Å². The summed E-state index contributed by atoms with van der Waals surface area (Å²) in [6.45, 7) is 3.03. The Morgan fingerprint density at radius 1 is 1.03 bits per heavy atom. The number of aryl methyl sites for hydroxylation is 2. The summed E-state index contributed by atoms with van der Waals surface area (Å²) < 4.78 is 27.9. The van der Waals surface area contributed by atoms with Crippen LogP contribution in [0, 0.1) is 13.8 Å². The third-order valence-corrected chi connectivity index (χ3v) is 6.89. The van der Waals surface area contributed by atoms with E-state index in [2.05, 4.69) is 10.5 Å². The topological polar surface area (TPSA) is 116 Å². The first kappa shape index (κ1) is 24.9. The van der Waals surface area contributed by atoms with Gasteiger partial charge < -0.3 is 5.11 Å². The van der Waals surface area contributed by atoms with Gasteiger partial charge in [-0.1, -0.05) is 41.4 Å². The van der Waals surface area contributed by atoms with Crippen LogP contribution in [0.3, 0.4) is 0 Å². The van der Waals surface area contributed by atoms with Gasteiger partial charge in [0.05, 0.1) is 22.4 Å². The van der Waals surface area contributed by atoms with Gasteiger partial charge in [0.15, 0.2) is 0 Å². The molecule has 0 heterocycles. The van der Waals surface area contributed by atoms with Gasteiger partial charge in [-0.15, -0.1) is 0 Å². The molecule has 2 N–H and O–H groups in total. The molecule has 0 unspecified atom stereocenters. The van der Waals surface area contributed by atoms with Crippen molar-refractivity contribution in [3.05, 3.63) is 94.0 Å². The highest BCUT2D eigenvalue weighted by atomic mass is 35.5. The van der Waals surface area contributed by atoms with Crippen LogP contribution in [0.25, 0.3) is 0 Å². The number of carbonyl (C=O) groups is 2. The largest absolute Gasteiger partial charge is 0.478 e. The van der Waals surface area contributed by atoms with Gasteiger partial charge >= 0.3 is 5.97 Å². The van der Waals surface area contributed by atoms with Gasteiger partial charge in [0, 0.05) is 5.02 Å². The van der Waals surface area contributed by atoms with Gasteiger partial charge in [0.1, 0.15) is 6.54 Å². The maximum absolute atomic E-state index is 13.4. The lowest BCUT2D eigenvalue weighted by molar-refractivity contribution is -0.119. The highest BCUT2D eigenvalue weighted by Gasteiger charge is 2.28. The number of amides is 1. The van der Waals surface area contributed by atoms with Crippen LogP contribution in [0.1, 0.15) is 27.0 Å². The zero-order valence-corrected chi connectivity index (χ0v) is 20.0. The average molecular weight is 500 g/mol. The molecule has 0 atom stereocenters. The van der Waals surface area contributed by atoms with Crippen molar-refractivity contribution in [1.82, 2.24) is 5.43 Å². The van der Waals surface area contributed by atoms with Crippen molar-refractivity contribution in [2.45, 2.75) is 18.7 Å². The number of anilines is 1. The fourth-order valence-corrected chi connectivity index (χ4v) is 4.80. The van der Waals surface area contributed by atoms with Crippen molar-refractivity contribution >= 4 is 45.4 Å². The molecule has 3 aromatic rings. The van der Waals surface area contributed by atoms with E-state index in [-0.39, 0.29) is 10.5 Å². The van der Waals surface area contributed by atoms with E-state index in [1.807, 2.05) is 6.92 Å². The molecule has 0 aliphatic heterocycles. The number of hydrogen-bond donors (Lipinski definition) is 2. The molecule has 176 valence electrons. The van der Waals surface area contributed by atoms with Gasteiger partial charge in [-0.05, 0) is 67.4 Å². The predicted molar refractivity (Wildman–Crippen MR) is 131 cm³/mol. The number of hydrazone groups is 1. The van der Waals surface area contributed by atoms with E-state index in [0.717, 1.165) is 9.87 Å². The summed E-state index contributed by atoms with van der Waals surface area (Å²) in [6.07, 6.45) is 1.33. The summed E-state index contributed by atoms with van der Waals surface area (Å²) in [5, 5.41) is 13.2. The first-order valence-corrected chi connectivity index (χ1v) is 11.9. The number of rotatable bonds is 8. The zero-order valence-electron chi connectivity index (χ0n) is 18.4. The van der Waals surface area contributed by atoms with E-state index in [1.54, 1.807) is 37.3 Å². The Morgan fingerprint density at radius 2 is 1.68 bits per heavy atom. The van der Waals surface area contributed by atoms with E-state index < -0.39 is 28.4 Å². The van der Waals surface area contributed by atoms with E-state index in [1.165, 1.54) is 42.6 Å². The van der Waals surface area contributed by atoms with Crippen molar-refractivity contribution in [2.75, 3.05) is 10.8 Å². The zero-order chi connectivity index (χ0) is 24.9. The SMILES string of the molecule is Cc1ccc(S(=O)(=O)N(CC(=O)N/N=C/c2ccc(C(=O)O)cc2)c2ccc(Cl)cc2C)cc1. The number of nitrogens with zero attached hydrogens (tertiary/aromatic N) is 2. The number of sulfonamides is 1. The van der Waals surface area contributed by atoms with Crippen LogP contribution in [0.2, 0.25) is 5.02 Å². The molecular formula is C24H22ClN3O5S. The number of hydrogen-bond acceptors (Lipinski definition) is 5. The number of carboxylic acids is 1. The van der Waals surface area contributed by atoms with E-state index in [4.69, 9.17) is 16.7 Å². The van der Waals surface area contributed by atoms with Gasteiger partial charge in [0.2, 0.25) is 0 Å². The Balaban J connectivity index is 1.84. The minimum atomic E-state index is -4.07. The lowest BCUT2D eigenvalue weighted by Crippen LogP contribution is -2.40. The summed E-state index contributed by atoms with van der Waals surface area (Å²) in [7, 11) is -4.07. The number of aromatic carboxylic acids is 1. The maximum atomic E-state index is 13.4. The Bertz CT molecular complexity index is 1340. The molecule has 10 heteroatoms. The van der Waals surface area contributed by atoms with Gasteiger partial charge in [-0.25, -0.2) is 18.6 Å². The molecule has 8 nitrogen and oxygen atoms in total. The van der Waals surface area contributed by atoms with Crippen LogP contribution >= 0.6 is 11.6 Å². The van der Waals surface area contributed by atoms with Crippen LogP contribution < -0.4 is 9.73 Å². The number of benzene rings is 3. The van der Waals surface area contributed by atoms with Gasteiger partial charge in [-0.3, -0.25) is 9.10 Å². The molecule has 3 rings (SSSR count). The Labute approximate surface area is 202 Å². The first-order chi connectivity index (χ1) is 16.1. The molecule has 0 aliphatic carbocycles. The number of halogens is 1. The smallest absolute Gasteiger partial charge is 0.335 e. The minimum absolute atomic E-state index is 0.0438. The summed E-state index contributed by atoms with van der Waals surface area (Å²) in [5.74, 6) is -1.72. The van der Waals surface area contributed by atoms with Gasteiger partial charge in [0.25, 0.3) is 15.9 Å². The second-order valence-electron chi connectivity index (χ2n) is 7.48. The fourth-order valence-electron chi connectivity index (χ4n) is 3.09. The maximum Gasteiger partial charge on any atom is 0.335 e. The van der Waals surface area contributed by atoms with Crippen molar-refractivity contribution in [2.24, 2.45) is 5.10 Å². The molecule has 0 saturated heterocycles. The number of carboxylic acid groups (broad SMARTS) is 1. The van der Waals surface area contributed by atoms with E-state index in [0.29, 0.717) is 21.8 Å². The molecular weight excluding hydrogens is 478 g/mol. The van der Waals surface area contributed by atoms with Crippen LogP contribution in [-0.2, 0) is 14.8 Å². The fraction of sp³-hybridized carbons (Fsp3) is 0.125. The molecule has 0 aromatic heterocycles. The molecule has 0 spiro atoms.